The van der Waals surface area contributed by atoms with Gasteiger partial charge in [0.15, 0.2) is 5.41 Å². The number of nitrogens with one attached hydrogen (secondary N) is 1. The highest BCUT2D eigenvalue weighted by Crippen LogP contribution is 2.52. The summed E-state index contributed by atoms with van der Waals surface area (Å²) in [5, 5.41) is 13.8. The minimum absolute atomic E-state index is 0.103. The van der Waals surface area contributed by atoms with Gasteiger partial charge in [-0.2, -0.15) is 0 Å². The Morgan fingerprint density at radius 1 is 1.00 bits per heavy atom. The number of hydrogen-bond donors (Lipinski definition) is 1. The molecule has 3 aromatic rings. The molecule has 35 heavy (non-hydrogen) atoms. The monoisotopic (exact) mass is 470 g/mol. The maximum absolute atomic E-state index is 14.3. The fraction of sp³-hybridized carbons (Fsp3) is 0.192. The van der Waals surface area contributed by atoms with Crippen LogP contribution in [0.25, 0.3) is 0 Å². The van der Waals surface area contributed by atoms with E-state index in [1.807, 2.05) is 43.3 Å². The summed E-state index contributed by atoms with van der Waals surface area (Å²) >= 11 is 0. The van der Waals surface area contributed by atoms with E-state index < -0.39 is 34.2 Å². The lowest BCUT2D eigenvalue weighted by atomic mass is 9.66. The molecule has 3 aromatic carbocycles. The number of fused-ring (bicyclic) bond motifs is 1. The van der Waals surface area contributed by atoms with Gasteiger partial charge in [-0.05, 0) is 41.8 Å². The molecule has 2 heterocycles. The number of barbiturate groups is 1. The Balaban J connectivity index is 1.75. The second kappa shape index (κ2) is 8.05. The van der Waals surface area contributed by atoms with Crippen LogP contribution in [0.3, 0.4) is 0 Å². The van der Waals surface area contributed by atoms with Crippen LogP contribution in [0.1, 0.15) is 22.7 Å². The third-order valence-corrected chi connectivity index (χ3v) is 6.77. The predicted molar refractivity (Wildman–Crippen MR) is 129 cm³/mol. The lowest BCUT2D eigenvalue weighted by Crippen LogP contribution is -2.69. The zero-order chi connectivity index (χ0) is 24.9. The van der Waals surface area contributed by atoms with Gasteiger partial charge >= 0.3 is 6.03 Å². The molecule has 1 N–H and O–H groups in total. The van der Waals surface area contributed by atoms with Gasteiger partial charge in [-0.1, -0.05) is 42.5 Å². The van der Waals surface area contributed by atoms with Gasteiger partial charge in [-0.15, -0.1) is 0 Å². The number of anilines is 2. The SMILES string of the molecule is Cc1cccc(N2C(=O)NC(=O)[C@]3(Cc4cc([N+](=O)[O-])ccc4N(C)[C@@H]3c3ccccc3)C2=O)c1. The number of aryl methyl sites for hydroxylation is 1. The summed E-state index contributed by atoms with van der Waals surface area (Å²) in [6.45, 7) is 1.84. The molecular weight excluding hydrogens is 448 g/mol. The van der Waals surface area contributed by atoms with Gasteiger partial charge < -0.3 is 4.90 Å². The summed E-state index contributed by atoms with van der Waals surface area (Å²) < 4.78 is 0. The Kier molecular flexibility index (Phi) is 5.12. The standard InChI is InChI=1S/C26H22N4O5/c1-16-7-6-10-19(13-16)29-24(32)26(23(31)27-25(29)33)15-18-14-20(30(34)35)11-12-21(18)28(2)22(26)17-8-4-3-5-9-17/h3-14,22H,15H2,1-2H3,(H,27,31,33)/t22-,26-/m1/s1. The lowest BCUT2D eigenvalue weighted by molar-refractivity contribution is -0.384. The first-order valence-corrected chi connectivity index (χ1v) is 11.1. The van der Waals surface area contributed by atoms with Gasteiger partial charge in [-0.25, -0.2) is 9.69 Å². The molecule has 9 heteroatoms. The molecule has 4 amide bonds. The first kappa shape index (κ1) is 22.3. The van der Waals surface area contributed by atoms with Crippen molar-refractivity contribution in [1.29, 1.82) is 0 Å². The van der Waals surface area contributed by atoms with E-state index in [2.05, 4.69) is 5.32 Å². The number of nitro benzene ring substituents is 1. The van der Waals surface area contributed by atoms with E-state index in [4.69, 9.17) is 0 Å². The summed E-state index contributed by atoms with van der Waals surface area (Å²) in [4.78, 5) is 54.6. The highest BCUT2D eigenvalue weighted by Gasteiger charge is 2.62. The van der Waals surface area contributed by atoms with Gasteiger partial charge in [0.25, 0.3) is 11.6 Å². The van der Waals surface area contributed by atoms with Crippen molar-refractivity contribution < 1.29 is 19.3 Å². The third kappa shape index (κ3) is 3.35. The molecule has 1 fully saturated rings. The Labute approximate surface area is 201 Å². The maximum atomic E-state index is 14.3. The number of hydrogen-bond acceptors (Lipinski definition) is 6. The largest absolute Gasteiger partial charge is 0.366 e. The lowest BCUT2D eigenvalue weighted by Gasteiger charge is -2.50. The second-order valence-corrected chi connectivity index (χ2v) is 8.88. The molecule has 0 unspecified atom stereocenters. The molecule has 2 aliphatic rings. The summed E-state index contributed by atoms with van der Waals surface area (Å²) in [6, 6.07) is 18.9. The predicted octanol–water partition coefficient (Wildman–Crippen LogP) is 3.91. The summed E-state index contributed by atoms with van der Waals surface area (Å²) in [6.07, 6.45) is -0.103. The van der Waals surface area contributed by atoms with Crippen molar-refractivity contribution in [2.45, 2.75) is 19.4 Å². The molecule has 1 spiro atoms. The van der Waals surface area contributed by atoms with E-state index in [0.29, 0.717) is 22.5 Å². The van der Waals surface area contributed by atoms with Crippen LogP contribution < -0.4 is 15.1 Å². The van der Waals surface area contributed by atoms with Gasteiger partial charge in [0, 0.05) is 31.3 Å². The number of imide groups is 2. The van der Waals surface area contributed by atoms with Crippen molar-refractivity contribution in [3.8, 4) is 0 Å². The highest BCUT2D eigenvalue weighted by molar-refractivity contribution is 6.30. The molecule has 0 aromatic heterocycles. The number of benzene rings is 3. The normalized spacial score (nSPS) is 21.7. The van der Waals surface area contributed by atoms with E-state index >= 15 is 0 Å². The van der Waals surface area contributed by atoms with Crippen LogP contribution in [0.4, 0.5) is 21.9 Å². The quantitative estimate of drug-likeness (QED) is 0.353. The molecule has 5 rings (SSSR count). The minimum atomic E-state index is -1.74. The van der Waals surface area contributed by atoms with E-state index in [0.717, 1.165) is 10.5 Å². The van der Waals surface area contributed by atoms with Crippen molar-refractivity contribution in [3.05, 3.63) is 99.6 Å². The van der Waals surface area contributed by atoms with Crippen LogP contribution in [0.2, 0.25) is 0 Å². The summed E-state index contributed by atoms with van der Waals surface area (Å²) in [7, 11) is 1.75. The van der Waals surface area contributed by atoms with Crippen molar-refractivity contribution in [2.75, 3.05) is 16.8 Å². The van der Waals surface area contributed by atoms with Gasteiger partial charge in [0.05, 0.1) is 16.7 Å². The second-order valence-electron chi connectivity index (χ2n) is 8.88. The Morgan fingerprint density at radius 3 is 2.43 bits per heavy atom. The summed E-state index contributed by atoms with van der Waals surface area (Å²) in [5.74, 6) is -1.40. The average molecular weight is 470 g/mol. The molecule has 0 aliphatic carbocycles. The Bertz CT molecular complexity index is 1390. The molecule has 176 valence electrons. The minimum Gasteiger partial charge on any atom is -0.366 e. The number of carbonyl (C=O) groups is 3. The zero-order valence-corrected chi connectivity index (χ0v) is 19.1. The number of carbonyl (C=O) groups excluding carboxylic acids is 3. The smallest absolute Gasteiger partial charge is 0.335 e. The number of nitro groups is 1. The van der Waals surface area contributed by atoms with E-state index in [1.165, 1.54) is 12.1 Å². The Morgan fingerprint density at radius 2 is 1.74 bits per heavy atom. The van der Waals surface area contributed by atoms with E-state index in [-0.39, 0.29) is 12.1 Å². The van der Waals surface area contributed by atoms with Crippen molar-refractivity contribution in [1.82, 2.24) is 5.32 Å². The van der Waals surface area contributed by atoms with E-state index in [9.17, 15) is 24.5 Å². The van der Waals surface area contributed by atoms with Crippen LogP contribution in [0.15, 0.2) is 72.8 Å². The number of nitrogens with zero attached hydrogens (tertiary/aromatic N) is 3. The summed E-state index contributed by atoms with van der Waals surface area (Å²) in [5.41, 5.74) is 1.18. The number of rotatable bonds is 3. The fourth-order valence-electron chi connectivity index (χ4n) is 5.23. The van der Waals surface area contributed by atoms with Crippen molar-refractivity contribution in [2.24, 2.45) is 5.41 Å². The van der Waals surface area contributed by atoms with Crippen molar-refractivity contribution >= 4 is 34.9 Å². The first-order valence-electron chi connectivity index (χ1n) is 11.1. The number of urea groups is 1. The average Bonchev–Trinajstić information content (AvgIpc) is 2.83. The van der Waals surface area contributed by atoms with Crippen LogP contribution in [0, 0.1) is 22.5 Å². The molecule has 9 nitrogen and oxygen atoms in total. The zero-order valence-electron chi connectivity index (χ0n) is 19.1. The van der Waals surface area contributed by atoms with E-state index in [1.54, 1.807) is 36.2 Å². The number of amides is 4. The molecule has 1 saturated heterocycles. The highest BCUT2D eigenvalue weighted by atomic mass is 16.6. The van der Waals surface area contributed by atoms with Crippen LogP contribution in [-0.4, -0.2) is 29.8 Å². The van der Waals surface area contributed by atoms with Crippen LogP contribution in [0.5, 0.6) is 0 Å². The number of non-ortho nitro benzene ring substituents is 1. The van der Waals surface area contributed by atoms with Crippen molar-refractivity contribution in [3.63, 3.8) is 0 Å². The van der Waals surface area contributed by atoms with Crippen LogP contribution >= 0.6 is 0 Å². The maximum Gasteiger partial charge on any atom is 0.335 e. The molecule has 2 aliphatic heterocycles. The Hall–Kier alpha value is -4.53. The molecule has 0 saturated carbocycles. The van der Waals surface area contributed by atoms with Gasteiger partial charge in [-0.3, -0.25) is 25.0 Å². The topological polar surface area (TPSA) is 113 Å². The molecular formula is C26H22N4O5. The molecule has 2 atom stereocenters. The van der Waals surface area contributed by atoms with Crippen LogP contribution in [-0.2, 0) is 16.0 Å². The fourth-order valence-corrected chi connectivity index (χ4v) is 5.23. The first-order chi connectivity index (χ1) is 16.7. The molecule has 0 radical (unpaired) electrons. The van der Waals surface area contributed by atoms with Gasteiger partial charge in [0.1, 0.15) is 0 Å². The third-order valence-electron chi connectivity index (χ3n) is 6.77. The van der Waals surface area contributed by atoms with Gasteiger partial charge in [0.2, 0.25) is 5.91 Å². The molecule has 0 bridgehead atoms.